The summed E-state index contributed by atoms with van der Waals surface area (Å²) in [5.41, 5.74) is 0.197. The first-order chi connectivity index (χ1) is 6.27. The van der Waals surface area contributed by atoms with Crippen LogP contribution >= 0.6 is 0 Å². The summed E-state index contributed by atoms with van der Waals surface area (Å²) >= 11 is 0. The third-order valence-electron chi connectivity index (χ3n) is 1.53. The largest absolute Gasteiger partial charge is 0.508 e. The summed E-state index contributed by atoms with van der Waals surface area (Å²) in [5.74, 6) is -0.707. The van der Waals surface area contributed by atoms with Gasteiger partial charge in [-0.25, -0.2) is 4.39 Å². The molecule has 0 aliphatic carbocycles. The average Bonchev–Trinajstić information content (AvgIpc) is 2.56. The van der Waals surface area contributed by atoms with E-state index in [2.05, 4.69) is 15.5 Å². The molecule has 0 bridgehead atoms. The normalized spacial score (nSPS) is 10.2. The maximum absolute atomic E-state index is 13.1. The maximum Gasteiger partial charge on any atom is 0.152 e. The fourth-order valence-corrected chi connectivity index (χ4v) is 0.953. The highest BCUT2D eigenvalue weighted by Crippen LogP contribution is 2.16. The number of aromatic nitrogens is 4. The SMILES string of the molecule is Oc1ccc(-n2cnnn2)c(F)c1. The van der Waals surface area contributed by atoms with Gasteiger partial charge in [0.1, 0.15) is 17.8 Å². The molecule has 0 aliphatic rings. The van der Waals surface area contributed by atoms with E-state index in [1.165, 1.54) is 23.1 Å². The number of phenolic OH excluding ortho intramolecular Hbond substituents is 1. The number of hydrogen-bond acceptors (Lipinski definition) is 4. The van der Waals surface area contributed by atoms with E-state index in [-0.39, 0.29) is 11.4 Å². The highest BCUT2D eigenvalue weighted by Gasteiger charge is 2.05. The van der Waals surface area contributed by atoms with Crippen molar-refractivity contribution in [3.63, 3.8) is 0 Å². The van der Waals surface area contributed by atoms with Crippen LogP contribution in [0.5, 0.6) is 5.75 Å². The lowest BCUT2D eigenvalue weighted by atomic mass is 10.3. The standard InChI is InChI=1S/C7H5FN4O/c8-6-3-5(13)1-2-7(6)12-4-9-10-11-12/h1-4,13H. The zero-order chi connectivity index (χ0) is 9.26. The van der Waals surface area contributed by atoms with Crippen LogP contribution in [0.4, 0.5) is 4.39 Å². The monoisotopic (exact) mass is 180 g/mol. The van der Waals surface area contributed by atoms with Crippen molar-refractivity contribution in [3.05, 3.63) is 30.3 Å². The van der Waals surface area contributed by atoms with Gasteiger partial charge in [0.2, 0.25) is 0 Å². The molecule has 2 rings (SSSR count). The molecule has 0 radical (unpaired) electrons. The number of benzene rings is 1. The number of nitrogens with zero attached hydrogens (tertiary/aromatic N) is 4. The molecule has 0 atom stereocenters. The van der Waals surface area contributed by atoms with Crippen molar-refractivity contribution >= 4 is 0 Å². The van der Waals surface area contributed by atoms with E-state index < -0.39 is 5.82 Å². The highest BCUT2D eigenvalue weighted by atomic mass is 19.1. The fourth-order valence-electron chi connectivity index (χ4n) is 0.953. The van der Waals surface area contributed by atoms with E-state index in [0.717, 1.165) is 6.07 Å². The Kier molecular flexibility index (Phi) is 1.66. The van der Waals surface area contributed by atoms with Gasteiger partial charge in [-0.3, -0.25) is 0 Å². The summed E-state index contributed by atoms with van der Waals surface area (Å²) in [7, 11) is 0. The predicted molar refractivity (Wildman–Crippen MR) is 40.8 cm³/mol. The van der Waals surface area contributed by atoms with Crippen molar-refractivity contribution in [1.29, 1.82) is 0 Å². The van der Waals surface area contributed by atoms with E-state index in [4.69, 9.17) is 5.11 Å². The number of halogens is 1. The van der Waals surface area contributed by atoms with Crippen molar-refractivity contribution < 1.29 is 9.50 Å². The van der Waals surface area contributed by atoms with Gasteiger partial charge in [-0.05, 0) is 22.6 Å². The Hall–Kier alpha value is -1.98. The third kappa shape index (κ3) is 1.33. The van der Waals surface area contributed by atoms with Crippen molar-refractivity contribution in [2.24, 2.45) is 0 Å². The first-order valence-corrected chi connectivity index (χ1v) is 3.49. The number of phenols is 1. The van der Waals surface area contributed by atoms with Gasteiger partial charge in [0, 0.05) is 6.07 Å². The lowest BCUT2D eigenvalue weighted by Crippen LogP contribution is -1.97. The summed E-state index contributed by atoms with van der Waals surface area (Å²) in [5, 5.41) is 19.2. The van der Waals surface area contributed by atoms with Crippen LogP contribution in [0, 0.1) is 5.82 Å². The van der Waals surface area contributed by atoms with Crippen LogP contribution in [-0.2, 0) is 0 Å². The molecule has 66 valence electrons. The van der Waals surface area contributed by atoms with E-state index in [1.54, 1.807) is 0 Å². The lowest BCUT2D eigenvalue weighted by Gasteiger charge is -2.00. The molecule has 5 nitrogen and oxygen atoms in total. The van der Waals surface area contributed by atoms with Gasteiger partial charge in [0.05, 0.1) is 0 Å². The molecule has 0 aliphatic heterocycles. The van der Waals surface area contributed by atoms with Crippen molar-refractivity contribution in [2.75, 3.05) is 0 Å². The van der Waals surface area contributed by atoms with E-state index in [9.17, 15) is 4.39 Å². The summed E-state index contributed by atoms with van der Waals surface area (Å²) in [4.78, 5) is 0. The Labute approximate surface area is 72.4 Å². The molecule has 1 N–H and O–H groups in total. The van der Waals surface area contributed by atoms with Gasteiger partial charge >= 0.3 is 0 Å². The van der Waals surface area contributed by atoms with Gasteiger partial charge in [-0.15, -0.1) is 5.10 Å². The number of tetrazole rings is 1. The molecular formula is C7H5FN4O. The van der Waals surface area contributed by atoms with Crippen molar-refractivity contribution in [2.45, 2.75) is 0 Å². The van der Waals surface area contributed by atoms with Crippen LogP contribution < -0.4 is 0 Å². The lowest BCUT2D eigenvalue weighted by molar-refractivity contribution is 0.468. The second-order valence-corrected chi connectivity index (χ2v) is 2.39. The molecule has 1 aromatic heterocycles. The summed E-state index contributed by atoms with van der Waals surface area (Å²) < 4.78 is 14.3. The zero-order valence-corrected chi connectivity index (χ0v) is 6.42. The summed E-state index contributed by atoms with van der Waals surface area (Å²) in [6.07, 6.45) is 1.27. The van der Waals surface area contributed by atoms with Crippen LogP contribution in [0.15, 0.2) is 24.5 Å². The average molecular weight is 180 g/mol. The first-order valence-electron chi connectivity index (χ1n) is 3.49. The topological polar surface area (TPSA) is 63.8 Å². The molecule has 1 heterocycles. The molecule has 0 saturated carbocycles. The molecule has 2 aromatic rings. The van der Waals surface area contributed by atoms with E-state index in [0.29, 0.717) is 0 Å². The highest BCUT2D eigenvalue weighted by molar-refractivity contribution is 5.37. The fraction of sp³-hybridized carbons (Fsp3) is 0. The number of hydrogen-bond donors (Lipinski definition) is 1. The molecular weight excluding hydrogens is 175 g/mol. The quantitative estimate of drug-likeness (QED) is 0.694. The maximum atomic E-state index is 13.1. The second-order valence-electron chi connectivity index (χ2n) is 2.39. The summed E-state index contributed by atoms with van der Waals surface area (Å²) in [6, 6.07) is 3.75. The molecule has 13 heavy (non-hydrogen) atoms. The molecule has 0 spiro atoms. The van der Waals surface area contributed by atoms with Crippen LogP contribution in [0.3, 0.4) is 0 Å². The zero-order valence-electron chi connectivity index (χ0n) is 6.42. The Morgan fingerprint density at radius 2 is 2.23 bits per heavy atom. The number of rotatable bonds is 1. The molecule has 0 fully saturated rings. The molecule has 0 amide bonds. The molecule has 1 aromatic carbocycles. The van der Waals surface area contributed by atoms with Gasteiger partial charge in [0.25, 0.3) is 0 Å². The van der Waals surface area contributed by atoms with Gasteiger partial charge in [-0.1, -0.05) is 0 Å². The Balaban J connectivity index is 2.53. The van der Waals surface area contributed by atoms with Crippen LogP contribution in [-0.4, -0.2) is 25.3 Å². The van der Waals surface area contributed by atoms with Crippen molar-refractivity contribution in [1.82, 2.24) is 20.2 Å². The summed E-state index contributed by atoms with van der Waals surface area (Å²) in [6.45, 7) is 0. The third-order valence-corrected chi connectivity index (χ3v) is 1.53. The molecule has 6 heteroatoms. The Bertz CT molecular complexity index is 414. The van der Waals surface area contributed by atoms with Crippen LogP contribution in [0.1, 0.15) is 0 Å². The molecule has 0 unspecified atom stereocenters. The van der Waals surface area contributed by atoms with Gasteiger partial charge in [0.15, 0.2) is 5.82 Å². The van der Waals surface area contributed by atoms with E-state index in [1.807, 2.05) is 0 Å². The van der Waals surface area contributed by atoms with Crippen LogP contribution in [0.2, 0.25) is 0 Å². The molecule has 0 saturated heterocycles. The number of aromatic hydroxyl groups is 1. The van der Waals surface area contributed by atoms with E-state index >= 15 is 0 Å². The Morgan fingerprint density at radius 1 is 1.38 bits per heavy atom. The second kappa shape index (κ2) is 2.81. The van der Waals surface area contributed by atoms with Crippen LogP contribution in [0.25, 0.3) is 5.69 Å². The minimum absolute atomic E-state index is 0.130. The minimum Gasteiger partial charge on any atom is -0.508 e. The minimum atomic E-state index is -0.577. The van der Waals surface area contributed by atoms with Gasteiger partial charge < -0.3 is 5.11 Å². The van der Waals surface area contributed by atoms with Gasteiger partial charge in [-0.2, -0.15) is 4.68 Å². The van der Waals surface area contributed by atoms with Crippen molar-refractivity contribution in [3.8, 4) is 11.4 Å². The predicted octanol–water partition coefficient (Wildman–Crippen LogP) is 0.507. The Morgan fingerprint density at radius 3 is 2.85 bits per heavy atom. The first kappa shape index (κ1) is 7.66. The smallest absolute Gasteiger partial charge is 0.152 e.